The molecule has 0 aromatic heterocycles. The lowest BCUT2D eigenvalue weighted by atomic mass is 9.71. The first-order valence-corrected chi connectivity index (χ1v) is 12.9. The molecule has 1 heterocycles. The minimum absolute atomic E-state index is 0.0666. The van der Waals surface area contributed by atoms with Crippen molar-refractivity contribution in [2.75, 3.05) is 10.6 Å². The van der Waals surface area contributed by atoms with E-state index in [2.05, 4.69) is 16.0 Å². The number of fused-ring (bicyclic) bond motifs is 1. The van der Waals surface area contributed by atoms with E-state index in [0.29, 0.717) is 5.56 Å². The Bertz CT molecular complexity index is 976. The van der Waals surface area contributed by atoms with Gasteiger partial charge in [0.25, 0.3) is 0 Å². The Morgan fingerprint density at radius 1 is 0.939 bits per heavy atom. The second-order valence-electron chi connectivity index (χ2n) is 9.95. The molecule has 2 aromatic carbocycles. The van der Waals surface area contributed by atoms with Crippen LogP contribution in [0.25, 0.3) is 0 Å². The lowest BCUT2D eigenvalue weighted by Crippen LogP contribution is -2.56. The number of para-hydroxylation sites is 2. The van der Waals surface area contributed by atoms with Gasteiger partial charge in [0.2, 0.25) is 5.91 Å². The van der Waals surface area contributed by atoms with E-state index >= 15 is 0 Å². The van der Waals surface area contributed by atoms with Crippen molar-refractivity contribution in [2.24, 2.45) is 11.8 Å². The van der Waals surface area contributed by atoms with Gasteiger partial charge in [-0.25, -0.2) is 4.39 Å². The Morgan fingerprint density at radius 2 is 1.55 bits per heavy atom. The number of amides is 1. The van der Waals surface area contributed by atoms with Gasteiger partial charge in [-0.2, -0.15) is 0 Å². The van der Waals surface area contributed by atoms with Crippen molar-refractivity contribution in [3.8, 4) is 0 Å². The fraction of sp³-hybridized carbons (Fsp3) is 0.519. The molecule has 6 heteroatoms. The van der Waals surface area contributed by atoms with Crippen LogP contribution in [0.3, 0.4) is 0 Å². The van der Waals surface area contributed by atoms with Crippen LogP contribution >= 0.6 is 11.6 Å². The van der Waals surface area contributed by atoms with Crippen LogP contribution in [0.2, 0.25) is 5.02 Å². The maximum atomic E-state index is 14.7. The average Bonchev–Trinajstić information content (AvgIpc) is 3.22. The van der Waals surface area contributed by atoms with Crippen LogP contribution in [-0.2, 0) is 10.5 Å². The highest BCUT2D eigenvalue weighted by atomic mass is 35.5. The van der Waals surface area contributed by atoms with Crippen molar-refractivity contribution in [3.05, 3.63) is 58.9 Å². The molecule has 1 atom stereocenters. The predicted molar refractivity (Wildman–Crippen MR) is 132 cm³/mol. The summed E-state index contributed by atoms with van der Waals surface area (Å²) >= 11 is 6.05. The smallest absolute Gasteiger partial charge is 0.228 e. The first kappa shape index (κ1) is 22.5. The molecule has 33 heavy (non-hydrogen) atoms. The van der Waals surface area contributed by atoms with Gasteiger partial charge in [-0.3, -0.25) is 4.79 Å². The molecule has 0 saturated heterocycles. The second-order valence-corrected chi connectivity index (χ2v) is 10.4. The van der Waals surface area contributed by atoms with Gasteiger partial charge >= 0.3 is 0 Å². The molecule has 2 aliphatic carbocycles. The van der Waals surface area contributed by atoms with Crippen LogP contribution in [0.5, 0.6) is 0 Å². The van der Waals surface area contributed by atoms with E-state index in [1.54, 1.807) is 6.07 Å². The summed E-state index contributed by atoms with van der Waals surface area (Å²) in [6.07, 6.45) is 11.1. The number of anilines is 2. The number of carbonyl (C=O) groups is 1. The van der Waals surface area contributed by atoms with Crippen LogP contribution in [0.4, 0.5) is 15.8 Å². The van der Waals surface area contributed by atoms with Gasteiger partial charge < -0.3 is 16.0 Å². The van der Waals surface area contributed by atoms with Crippen molar-refractivity contribution >= 4 is 28.9 Å². The van der Waals surface area contributed by atoms with E-state index in [4.69, 9.17) is 11.6 Å². The highest BCUT2D eigenvalue weighted by Crippen LogP contribution is 2.49. The number of halogens is 2. The van der Waals surface area contributed by atoms with Gasteiger partial charge in [-0.1, -0.05) is 68.3 Å². The highest BCUT2D eigenvalue weighted by Gasteiger charge is 2.52. The van der Waals surface area contributed by atoms with Gasteiger partial charge in [0.1, 0.15) is 11.5 Å². The normalized spacial score (nSPS) is 21.5. The molecule has 0 bridgehead atoms. The van der Waals surface area contributed by atoms with E-state index in [1.807, 2.05) is 30.3 Å². The van der Waals surface area contributed by atoms with Crippen molar-refractivity contribution in [1.82, 2.24) is 5.32 Å². The molecule has 1 amide bonds. The summed E-state index contributed by atoms with van der Waals surface area (Å²) in [5.74, 6) is -0.580. The number of nitrogens with one attached hydrogen (secondary N) is 3. The van der Waals surface area contributed by atoms with Crippen LogP contribution in [0, 0.1) is 17.7 Å². The Labute approximate surface area is 200 Å². The zero-order valence-corrected chi connectivity index (χ0v) is 19.8. The maximum Gasteiger partial charge on any atom is 0.228 e. The van der Waals surface area contributed by atoms with Crippen LogP contribution in [0.1, 0.15) is 69.8 Å². The van der Waals surface area contributed by atoms with Gasteiger partial charge in [0.15, 0.2) is 0 Å². The summed E-state index contributed by atoms with van der Waals surface area (Å²) in [7, 11) is 0. The molecular weight excluding hydrogens is 437 g/mol. The Balaban J connectivity index is 1.58. The van der Waals surface area contributed by atoms with E-state index in [9.17, 15) is 9.18 Å². The van der Waals surface area contributed by atoms with Crippen LogP contribution in [-0.4, -0.2) is 11.9 Å². The number of hydrogen-bond donors (Lipinski definition) is 3. The Kier molecular flexibility index (Phi) is 6.51. The van der Waals surface area contributed by atoms with Crippen molar-refractivity contribution in [3.63, 3.8) is 0 Å². The van der Waals surface area contributed by atoms with Gasteiger partial charge in [-0.05, 0) is 55.9 Å². The fourth-order valence-corrected chi connectivity index (χ4v) is 6.27. The minimum atomic E-state index is -0.935. The zero-order chi connectivity index (χ0) is 22.8. The molecule has 1 unspecified atom stereocenters. The zero-order valence-electron chi connectivity index (χ0n) is 19.0. The molecule has 3 aliphatic rings. The third-order valence-electron chi connectivity index (χ3n) is 7.79. The molecule has 4 nitrogen and oxygen atoms in total. The molecule has 0 spiro atoms. The number of rotatable bonds is 5. The highest BCUT2D eigenvalue weighted by molar-refractivity contribution is 6.30. The standard InChI is InChI=1S/C27H33ClFN3O/c28-21-16-15-19(17-22(21)29)27(31-23-13-7-8-14-24(23)32-27)25(18-9-3-1-4-10-18)26(33)30-20-11-5-2-6-12-20/h7-8,13-18,20,25,31-32H,1-6,9-12H2,(H,30,33). The van der Waals surface area contributed by atoms with E-state index in [0.717, 1.165) is 62.7 Å². The minimum Gasteiger partial charge on any atom is -0.357 e. The molecule has 3 N–H and O–H groups in total. The largest absolute Gasteiger partial charge is 0.357 e. The van der Waals surface area contributed by atoms with Crippen molar-refractivity contribution in [1.29, 1.82) is 0 Å². The molecular formula is C27H33ClFN3O. The predicted octanol–water partition coefficient (Wildman–Crippen LogP) is 6.81. The molecule has 5 rings (SSSR count). The first-order chi connectivity index (χ1) is 16.1. The summed E-state index contributed by atoms with van der Waals surface area (Å²) < 4.78 is 14.7. The fourth-order valence-electron chi connectivity index (χ4n) is 6.15. The van der Waals surface area contributed by atoms with E-state index in [-0.39, 0.29) is 28.8 Å². The molecule has 2 saturated carbocycles. The Hall–Kier alpha value is -2.27. The molecule has 2 aromatic rings. The topological polar surface area (TPSA) is 53.2 Å². The lowest BCUT2D eigenvalue weighted by molar-refractivity contribution is -0.130. The quantitative estimate of drug-likeness (QED) is 0.450. The van der Waals surface area contributed by atoms with Gasteiger partial charge in [-0.15, -0.1) is 0 Å². The van der Waals surface area contributed by atoms with E-state index < -0.39 is 11.5 Å². The Morgan fingerprint density at radius 3 is 2.15 bits per heavy atom. The van der Waals surface area contributed by atoms with Crippen LogP contribution in [0.15, 0.2) is 42.5 Å². The third kappa shape index (κ3) is 4.44. The lowest BCUT2D eigenvalue weighted by Gasteiger charge is -2.44. The summed E-state index contributed by atoms with van der Waals surface area (Å²) in [6, 6.07) is 13.1. The summed E-state index contributed by atoms with van der Waals surface area (Å²) in [5.41, 5.74) is 1.63. The monoisotopic (exact) mass is 469 g/mol. The SMILES string of the molecule is O=C(NC1CCCCC1)C(C1CCCCC1)C1(c2ccc(Cl)c(F)c2)Nc2ccccc2N1. The van der Waals surface area contributed by atoms with Gasteiger partial charge in [0.05, 0.1) is 22.3 Å². The van der Waals surface area contributed by atoms with E-state index in [1.165, 1.54) is 18.9 Å². The average molecular weight is 470 g/mol. The van der Waals surface area contributed by atoms with Crippen molar-refractivity contribution < 1.29 is 9.18 Å². The third-order valence-corrected chi connectivity index (χ3v) is 8.09. The molecule has 176 valence electrons. The summed E-state index contributed by atoms with van der Waals surface area (Å²) in [4.78, 5) is 14.1. The molecule has 1 aliphatic heterocycles. The van der Waals surface area contributed by atoms with Crippen molar-refractivity contribution in [2.45, 2.75) is 75.9 Å². The maximum absolute atomic E-state index is 14.7. The number of benzene rings is 2. The number of hydrogen-bond acceptors (Lipinski definition) is 3. The first-order valence-electron chi connectivity index (χ1n) is 12.5. The van der Waals surface area contributed by atoms with Crippen LogP contribution < -0.4 is 16.0 Å². The summed E-state index contributed by atoms with van der Waals surface area (Å²) in [5, 5.41) is 10.8. The second kappa shape index (κ2) is 9.54. The molecule has 2 fully saturated rings. The molecule has 0 radical (unpaired) electrons. The number of carbonyl (C=O) groups excluding carboxylic acids is 1. The van der Waals surface area contributed by atoms with Gasteiger partial charge in [0, 0.05) is 11.6 Å². The summed E-state index contributed by atoms with van der Waals surface area (Å²) in [6.45, 7) is 0.